The topological polar surface area (TPSA) is 125 Å². The van der Waals surface area contributed by atoms with Crippen molar-refractivity contribution >= 4 is 32.1 Å². The van der Waals surface area contributed by atoms with E-state index in [4.69, 9.17) is 4.52 Å². The number of nitrogens with one attached hydrogen (secondary N) is 1. The van der Waals surface area contributed by atoms with Crippen LogP contribution in [0.25, 0.3) is 22.1 Å². The number of carbonyl (C=O) groups is 1. The Morgan fingerprint density at radius 2 is 1.51 bits per heavy atom. The number of hydrogen-bond acceptors (Lipinski definition) is 7. The van der Waals surface area contributed by atoms with Gasteiger partial charge in [0.05, 0.1) is 4.90 Å². The second-order valence-corrected chi connectivity index (χ2v) is 9.67. The minimum Gasteiger partial charge on any atom is -0.595 e. The largest absolute Gasteiger partial charge is 0.595 e. The van der Waals surface area contributed by atoms with Gasteiger partial charge in [0.1, 0.15) is 0 Å². The summed E-state index contributed by atoms with van der Waals surface area (Å²) in [6.45, 7) is 0. The number of fused-ring (bicyclic) bond motifs is 1. The van der Waals surface area contributed by atoms with Crippen molar-refractivity contribution in [3.05, 3.63) is 114 Å². The maximum atomic E-state index is 13.7. The Hall–Kier alpha value is -4.15. The highest BCUT2D eigenvalue weighted by Gasteiger charge is 2.34. The van der Waals surface area contributed by atoms with E-state index in [0.29, 0.717) is 0 Å². The molecular formula is C26H18N2O6S. The summed E-state index contributed by atoms with van der Waals surface area (Å²) in [4.78, 5) is 13.1. The normalized spacial score (nSPS) is 12.5. The molecule has 1 heterocycles. The van der Waals surface area contributed by atoms with Gasteiger partial charge < -0.3 is 9.73 Å². The first-order valence-electron chi connectivity index (χ1n) is 10.5. The minimum absolute atomic E-state index is 0.0215. The lowest BCUT2D eigenvalue weighted by Crippen LogP contribution is -2.99. The summed E-state index contributed by atoms with van der Waals surface area (Å²) in [5.41, 5.74) is 0.207. The third-order valence-electron chi connectivity index (χ3n) is 5.59. The Bertz CT molecular complexity index is 1640. The number of rotatable bonds is 6. The average molecular weight is 487 g/mol. The molecule has 0 fully saturated rings. The van der Waals surface area contributed by atoms with Crippen LogP contribution in [0.15, 0.2) is 111 Å². The van der Waals surface area contributed by atoms with Crippen LogP contribution >= 0.6 is 0 Å². The van der Waals surface area contributed by atoms with Crippen LogP contribution in [0.3, 0.4) is 0 Å². The van der Waals surface area contributed by atoms with Crippen LogP contribution in [0, 0.1) is 5.21 Å². The summed E-state index contributed by atoms with van der Waals surface area (Å²) >= 11 is 0. The molecule has 174 valence electrons. The second-order valence-electron chi connectivity index (χ2n) is 7.78. The first kappa shape index (κ1) is 22.6. The molecule has 9 heteroatoms. The Labute approximate surface area is 200 Å². The molecule has 1 unspecified atom stereocenters. The Balaban J connectivity index is 1.69. The molecule has 5 rings (SSSR count). The second kappa shape index (κ2) is 8.90. The lowest BCUT2D eigenvalue weighted by Gasteiger charge is -2.11. The number of benzene rings is 4. The van der Waals surface area contributed by atoms with Crippen LogP contribution in [0.1, 0.15) is 16.1 Å². The first-order valence-corrected chi connectivity index (χ1v) is 12.0. The molecule has 1 aromatic heterocycles. The molecule has 0 saturated heterocycles. The highest BCUT2D eigenvalue weighted by Crippen LogP contribution is 2.35. The van der Waals surface area contributed by atoms with E-state index in [2.05, 4.69) is 5.16 Å². The average Bonchev–Trinajstić information content (AvgIpc) is 3.35. The van der Waals surface area contributed by atoms with E-state index < -0.39 is 20.8 Å². The molecule has 2 N–H and O–H groups in total. The van der Waals surface area contributed by atoms with E-state index in [0.717, 1.165) is 10.8 Å². The fourth-order valence-electron chi connectivity index (χ4n) is 3.81. The number of aromatic nitrogens is 1. The maximum Gasteiger partial charge on any atom is 0.216 e. The summed E-state index contributed by atoms with van der Waals surface area (Å²) < 4.78 is 32.8. The molecule has 1 atom stereocenters. The predicted octanol–water partition coefficient (Wildman–Crippen LogP) is 3.96. The molecule has 0 aliphatic carbocycles. The van der Waals surface area contributed by atoms with Crippen LogP contribution in [0.4, 0.5) is 5.69 Å². The van der Waals surface area contributed by atoms with E-state index in [-0.39, 0.29) is 38.1 Å². The Kier molecular flexibility index (Phi) is 5.75. The number of carbonyl (C=O) groups excluding carboxylic acids is 1. The van der Waals surface area contributed by atoms with Gasteiger partial charge >= 0.3 is 0 Å². The summed E-state index contributed by atoms with van der Waals surface area (Å²) in [5, 5.41) is 24.9. The summed E-state index contributed by atoms with van der Waals surface area (Å²) in [6.07, 6.45) is 0. The number of hydrogen-bond donors (Lipinski definition) is 2. The van der Waals surface area contributed by atoms with Gasteiger partial charge in [0.15, 0.2) is 22.0 Å². The Morgan fingerprint density at radius 3 is 2.20 bits per heavy atom. The van der Waals surface area contributed by atoms with Crippen molar-refractivity contribution in [3.8, 4) is 11.3 Å². The molecular weight excluding hydrogens is 468 g/mol. The smallest absolute Gasteiger partial charge is 0.216 e. The van der Waals surface area contributed by atoms with Gasteiger partial charge in [-0.25, -0.2) is 13.6 Å². The van der Waals surface area contributed by atoms with Gasteiger partial charge in [-0.3, -0.25) is 4.79 Å². The Morgan fingerprint density at radius 1 is 0.857 bits per heavy atom. The van der Waals surface area contributed by atoms with Crippen molar-refractivity contribution in [2.24, 2.45) is 0 Å². The van der Waals surface area contributed by atoms with E-state index in [9.17, 15) is 23.6 Å². The standard InChI is InChI=1S/C26H18N2O6S/c29-24(20-11-10-17-6-4-5-7-19(17)16-20)23-26(35(32,33)22-8-2-1-3-9-22)25(34-27-23)18-12-14-21(15-13-18)28(30)31/h1-16,28,30H. The summed E-state index contributed by atoms with van der Waals surface area (Å²) in [5.74, 6) is -0.752. The molecule has 0 spiro atoms. The van der Waals surface area contributed by atoms with Gasteiger partial charge in [0.25, 0.3) is 0 Å². The van der Waals surface area contributed by atoms with E-state index in [1.807, 2.05) is 24.3 Å². The number of quaternary nitrogens is 1. The molecule has 0 aliphatic heterocycles. The third-order valence-corrected chi connectivity index (χ3v) is 7.40. The zero-order chi connectivity index (χ0) is 24.6. The predicted molar refractivity (Wildman–Crippen MR) is 127 cm³/mol. The van der Waals surface area contributed by atoms with Crippen molar-refractivity contribution in [1.29, 1.82) is 0 Å². The molecule has 0 saturated carbocycles. The molecule has 0 bridgehead atoms. The number of ketones is 1. The molecule has 0 radical (unpaired) electrons. The highest BCUT2D eigenvalue weighted by atomic mass is 32.2. The van der Waals surface area contributed by atoms with Gasteiger partial charge in [-0.1, -0.05) is 59.8 Å². The zero-order valence-corrected chi connectivity index (χ0v) is 18.9. The molecule has 35 heavy (non-hydrogen) atoms. The fraction of sp³-hybridized carbons (Fsp3) is 0. The zero-order valence-electron chi connectivity index (χ0n) is 18.1. The molecule has 0 aliphatic rings. The summed E-state index contributed by atoms with van der Waals surface area (Å²) in [6, 6.07) is 25.7. The third kappa shape index (κ3) is 4.13. The van der Waals surface area contributed by atoms with E-state index in [1.54, 1.807) is 36.4 Å². The molecule has 0 amide bonds. The van der Waals surface area contributed by atoms with Gasteiger partial charge in [0.2, 0.25) is 15.6 Å². The van der Waals surface area contributed by atoms with Crippen LogP contribution in [-0.4, -0.2) is 24.6 Å². The van der Waals surface area contributed by atoms with Gasteiger partial charge in [-0.05, 0) is 41.1 Å². The van der Waals surface area contributed by atoms with Crippen molar-refractivity contribution in [2.45, 2.75) is 9.79 Å². The quantitative estimate of drug-likeness (QED) is 0.275. The van der Waals surface area contributed by atoms with Crippen LogP contribution < -0.4 is 5.23 Å². The fourth-order valence-corrected chi connectivity index (χ4v) is 5.34. The maximum absolute atomic E-state index is 13.7. The van der Waals surface area contributed by atoms with Crippen LogP contribution in [0.2, 0.25) is 0 Å². The SMILES string of the molecule is O=C(c1ccc2ccccc2c1)c1noc(-c2ccc([NH+]([O-])O)cc2)c1S(=O)(=O)c1ccccc1. The van der Waals surface area contributed by atoms with Crippen molar-refractivity contribution in [1.82, 2.24) is 5.16 Å². The van der Waals surface area contributed by atoms with Gasteiger partial charge in [-0.2, -0.15) is 5.23 Å². The van der Waals surface area contributed by atoms with Crippen molar-refractivity contribution < 1.29 is 28.2 Å². The van der Waals surface area contributed by atoms with Crippen molar-refractivity contribution in [3.63, 3.8) is 0 Å². The first-order chi connectivity index (χ1) is 16.9. The van der Waals surface area contributed by atoms with E-state index >= 15 is 0 Å². The lowest BCUT2D eigenvalue weighted by atomic mass is 10.0. The number of sulfone groups is 1. The monoisotopic (exact) mass is 486 g/mol. The van der Waals surface area contributed by atoms with Crippen LogP contribution in [0.5, 0.6) is 0 Å². The lowest BCUT2D eigenvalue weighted by molar-refractivity contribution is -0.991. The summed E-state index contributed by atoms with van der Waals surface area (Å²) in [7, 11) is -4.22. The molecule has 8 nitrogen and oxygen atoms in total. The van der Waals surface area contributed by atoms with E-state index in [1.165, 1.54) is 36.4 Å². The van der Waals surface area contributed by atoms with Crippen LogP contribution in [-0.2, 0) is 9.84 Å². The van der Waals surface area contributed by atoms with Gasteiger partial charge in [-0.15, -0.1) is 0 Å². The van der Waals surface area contributed by atoms with Gasteiger partial charge in [0, 0.05) is 23.3 Å². The molecule has 4 aromatic carbocycles. The van der Waals surface area contributed by atoms with Crippen molar-refractivity contribution in [2.75, 3.05) is 0 Å². The minimum atomic E-state index is -4.22. The highest BCUT2D eigenvalue weighted by molar-refractivity contribution is 7.91. The number of nitrogens with zero attached hydrogens (tertiary/aromatic N) is 1. The molecule has 5 aromatic rings.